The number of hydrogen-bond acceptors (Lipinski definition) is 6. The summed E-state index contributed by atoms with van der Waals surface area (Å²) < 4.78 is 21.0. The number of anilines is 1. The Hall–Kier alpha value is -4.26. The van der Waals surface area contributed by atoms with Gasteiger partial charge in [0.1, 0.15) is 5.75 Å². The van der Waals surface area contributed by atoms with Gasteiger partial charge in [-0.15, -0.1) is 0 Å². The summed E-state index contributed by atoms with van der Waals surface area (Å²) in [6, 6.07) is 20.8. The van der Waals surface area contributed by atoms with Gasteiger partial charge in [-0.25, -0.2) is 4.79 Å². The Bertz CT molecular complexity index is 1160. The predicted molar refractivity (Wildman–Crippen MR) is 130 cm³/mol. The van der Waals surface area contributed by atoms with Crippen molar-refractivity contribution in [3.05, 3.63) is 89.5 Å². The van der Waals surface area contributed by atoms with Crippen LogP contribution in [0.15, 0.2) is 72.8 Å². The highest BCUT2D eigenvalue weighted by Gasteiger charge is 2.12. The van der Waals surface area contributed by atoms with E-state index in [2.05, 4.69) is 5.32 Å². The van der Waals surface area contributed by atoms with Crippen molar-refractivity contribution in [2.24, 2.45) is 0 Å². The summed E-state index contributed by atoms with van der Waals surface area (Å²) >= 11 is 0. The predicted octanol–water partition coefficient (Wildman–Crippen LogP) is 4.50. The lowest BCUT2D eigenvalue weighted by atomic mass is 10.0. The van der Waals surface area contributed by atoms with Crippen LogP contribution in [0.5, 0.6) is 17.2 Å². The number of nitrogens with one attached hydrogen (secondary N) is 1. The van der Waals surface area contributed by atoms with Gasteiger partial charge < -0.3 is 24.3 Å². The van der Waals surface area contributed by atoms with E-state index in [1.807, 2.05) is 54.6 Å². The zero-order chi connectivity index (χ0) is 24.3. The number of benzene rings is 3. The van der Waals surface area contributed by atoms with E-state index >= 15 is 0 Å². The quantitative estimate of drug-likeness (QED) is 0.354. The van der Waals surface area contributed by atoms with Crippen molar-refractivity contribution in [2.75, 3.05) is 33.3 Å². The van der Waals surface area contributed by atoms with E-state index in [0.717, 1.165) is 11.1 Å². The molecule has 0 aliphatic rings. The average molecular weight is 462 g/mol. The Morgan fingerprint density at radius 3 is 2.18 bits per heavy atom. The molecule has 0 spiro atoms. The van der Waals surface area contributed by atoms with Crippen LogP contribution < -0.4 is 19.5 Å². The van der Waals surface area contributed by atoms with Gasteiger partial charge in [-0.2, -0.15) is 0 Å². The van der Waals surface area contributed by atoms with Crippen LogP contribution in [0, 0.1) is 0 Å². The van der Waals surface area contributed by atoms with Crippen LogP contribution in [0.25, 0.3) is 6.08 Å². The molecule has 1 amide bonds. The van der Waals surface area contributed by atoms with Crippen molar-refractivity contribution in [1.29, 1.82) is 0 Å². The molecule has 0 unspecified atom stereocenters. The fraction of sp³-hybridized carbons (Fsp3) is 0.185. The molecule has 0 saturated heterocycles. The van der Waals surface area contributed by atoms with Crippen LogP contribution in [0.4, 0.5) is 5.69 Å². The van der Waals surface area contributed by atoms with Gasteiger partial charge in [0.15, 0.2) is 18.1 Å². The number of rotatable bonds is 10. The second-order valence-electron chi connectivity index (χ2n) is 7.26. The zero-order valence-electron chi connectivity index (χ0n) is 19.4. The highest BCUT2D eigenvalue weighted by atomic mass is 16.5. The molecule has 34 heavy (non-hydrogen) atoms. The van der Waals surface area contributed by atoms with Gasteiger partial charge in [0.25, 0.3) is 5.91 Å². The highest BCUT2D eigenvalue weighted by molar-refractivity contribution is 5.95. The number of para-hydroxylation sites is 1. The minimum atomic E-state index is -0.662. The van der Waals surface area contributed by atoms with Crippen molar-refractivity contribution >= 4 is 23.6 Å². The molecule has 3 aromatic rings. The first-order chi connectivity index (χ1) is 16.5. The van der Waals surface area contributed by atoms with E-state index in [1.54, 1.807) is 12.1 Å². The highest BCUT2D eigenvalue weighted by Crippen LogP contribution is 2.35. The standard InChI is InChI=1S/C27H27NO6/c1-31-23-17-25(33-3)24(32-2)16-21(23)13-14-27(30)34-18-26(29)28-22-12-8-7-11-20(22)15-19-9-5-4-6-10-19/h4-14,16-17H,15,18H2,1-3H3,(H,28,29)/b14-13+. The Labute approximate surface area is 198 Å². The van der Waals surface area contributed by atoms with Crippen molar-refractivity contribution in [3.8, 4) is 17.2 Å². The van der Waals surface area contributed by atoms with Crippen LogP contribution >= 0.6 is 0 Å². The normalized spacial score (nSPS) is 10.6. The molecule has 7 heteroatoms. The third kappa shape index (κ3) is 6.62. The third-order valence-corrected chi connectivity index (χ3v) is 5.01. The second kappa shape index (κ2) is 12.1. The summed E-state index contributed by atoms with van der Waals surface area (Å²) in [5, 5.41) is 2.82. The lowest BCUT2D eigenvalue weighted by Crippen LogP contribution is -2.20. The third-order valence-electron chi connectivity index (χ3n) is 5.01. The number of hydrogen-bond donors (Lipinski definition) is 1. The second-order valence-corrected chi connectivity index (χ2v) is 7.26. The fourth-order valence-corrected chi connectivity index (χ4v) is 3.32. The van der Waals surface area contributed by atoms with Crippen LogP contribution in [0.2, 0.25) is 0 Å². The van der Waals surface area contributed by atoms with E-state index in [4.69, 9.17) is 18.9 Å². The number of esters is 1. The number of amides is 1. The van der Waals surface area contributed by atoms with Crippen molar-refractivity contribution < 1.29 is 28.5 Å². The van der Waals surface area contributed by atoms with Gasteiger partial charge in [-0.3, -0.25) is 4.79 Å². The monoisotopic (exact) mass is 461 g/mol. The Morgan fingerprint density at radius 1 is 0.824 bits per heavy atom. The summed E-state index contributed by atoms with van der Waals surface area (Å²) in [7, 11) is 4.55. The Morgan fingerprint density at radius 2 is 1.47 bits per heavy atom. The van der Waals surface area contributed by atoms with Crippen molar-refractivity contribution in [2.45, 2.75) is 6.42 Å². The molecule has 0 atom stereocenters. The lowest BCUT2D eigenvalue weighted by molar-refractivity contribution is -0.142. The molecule has 0 heterocycles. The van der Waals surface area contributed by atoms with E-state index < -0.39 is 18.5 Å². The van der Waals surface area contributed by atoms with Gasteiger partial charge in [-0.1, -0.05) is 48.5 Å². The van der Waals surface area contributed by atoms with Gasteiger partial charge in [0.2, 0.25) is 0 Å². The topological polar surface area (TPSA) is 83.1 Å². The van der Waals surface area contributed by atoms with Crippen LogP contribution in [0.3, 0.4) is 0 Å². The maximum Gasteiger partial charge on any atom is 0.331 e. The summed E-state index contributed by atoms with van der Waals surface area (Å²) in [5.74, 6) is 0.401. The van der Waals surface area contributed by atoms with Gasteiger partial charge in [0.05, 0.1) is 21.3 Å². The van der Waals surface area contributed by atoms with Crippen LogP contribution in [0.1, 0.15) is 16.7 Å². The minimum Gasteiger partial charge on any atom is -0.496 e. The maximum atomic E-state index is 12.4. The smallest absolute Gasteiger partial charge is 0.331 e. The number of carbonyl (C=O) groups excluding carboxylic acids is 2. The number of methoxy groups -OCH3 is 3. The molecule has 0 aliphatic heterocycles. The minimum absolute atomic E-state index is 0.411. The molecule has 7 nitrogen and oxygen atoms in total. The SMILES string of the molecule is COc1cc(OC)c(OC)cc1/C=C/C(=O)OCC(=O)Nc1ccccc1Cc1ccccc1. The van der Waals surface area contributed by atoms with Gasteiger partial charge in [-0.05, 0) is 35.8 Å². The Balaban J connectivity index is 1.59. The molecule has 3 aromatic carbocycles. The molecule has 0 fully saturated rings. The molecule has 3 rings (SSSR count). The number of ether oxygens (including phenoxy) is 4. The zero-order valence-corrected chi connectivity index (χ0v) is 19.4. The van der Waals surface area contributed by atoms with E-state index in [0.29, 0.717) is 34.9 Å². The van der Waals surface area contributed by atoms with E-state index in [9.17, 15) is 9.59 Å². The maximum absolute atomic E-state index is 12.4. The molecule has 0 aromatic heterocycles. The first kappa shape index (κ1) is 24.4. The van der Waals surface area contributed by atoms with E-state index in [-0.39, 0.29) is 0 Å². The van der Waals surface area contributed by atoms with E-state index in [1.165, 1.54) is 33.5 Å². The van der Waals surface area contributed by atoms with Gasteiger partial charge in [0, 0.05) is 23.4 Å². The molecular formula is C27H27NO6. The molecule has 0 bridgehead atoms. The average Bonchev–Trinajstić information content (AvgIpc) is 2.87. The van der Waals surface area contributed by atoms with Crippen molar-refractivity contribution in [1.82, 2.24) is 0 Å². The molecular weight excluding hydrogens is 434 g/mol. The number of carbonyl (C=O) groups is 2. The fourth-order valence-electron chi connectivity index (χ4n) is 3.32. The molecule has 0 aliphatic carbocycles. The van der Waals surface area contributed by atoms with Gasteiger partial charge >= 0.3 is 5.97 Å². The molecule has 176 valence electrons. The lowest BCUT2D eigenvalue weighted by Gasteiger charge is -2.12. The van der Waals surface area contributed by atoms with Crippen LogP contribution in [-0.4, -0.2) is 39.8 Å². The summed E-state index contributed by atoms with van der Waals surface area (Å²) in [4.78, 5) is 24.6. The Kier molecular flexibility index (Phi) is 8.68. The summed E-state index contributed by atoms with van der Waals surface area (Å²) in [6.07, 6.45) is 3.42. The molecule has 0 radical (unpaired) electrons. The van der Waals surface area contributed by atoms with Crippen LogP contribution in [-0.2, 0) is 20.7 Å². The summed E-state index contributed by atoms with van der Waals surface area (Å²) in [6.45, 7) is -0.411. The van der Waals surface area contributed by atoms with Crippen molar-refractivity contribution in [3.63, 3.8) is 0 Å². The molecule has 1 N–H and O–H groups in total. The summed E-state index contributed by atoms with van der Waals surface area (Å²) in [5.41, 5.74) is 3.37. The first-order valence-corrected chi connectivity index (χ1v) is 10.6. The molecule has 0 saturated carbocycles. The largest absolute Gasteiger partial charge is 0.496 e. The first-order valence-electron chi connectivity index (χ1n) is 10.6.